The van der Waals surface area contributed by atoms with Gasteiger partial charge in [-0.15, -0.1) is 0 Å². The number of benzene rings is 2. The van der Waals surface area contributed by atoms with Gasteiger partial charge in [0.05, 0.1) is 0 Å². The van der Waals surface area contributed by atoms with Gasteiger partial charge in [-0.1, -0.05) is 48.3 Å². The van der Waals surface area contributed by atoms with Gasteiger partial charge >= 0.3 is 0 Å². The maximum Gasteiger partial charge on any atom is 0.161 e. The predicted molar refractivity (Wildman–Crippen MR) is 94.9 cm³/mol. The van der Waals surface area contributed by atoms with Crippen molar-refractivity contribution < 1.29 is 9.47 Å². The second-order valence-electron chi connectivity index (χ2n) is 5.47. The maximum absolute atomic E-state index is 5.94. The average molecular weight is 330 g/mol. The van der Waals surface area contributed by atoms with Gasteiger partial charge in [-0.2, -0.15) is 0 Å². The van der Waals surface area contributed by atoms with Crippen LogP contribution >= 0.6 is 11.9 Å². The Bertz CT molecular complexity index is 619. The fourth-order valence-electron chi connectivity index (χ4n) is 2.47. The van der Waals surface area contributed by atoms with Crippen LogP contribution in [0.15, 0.2) is 48.5 Å². The number of ether oxygens (including phenoxy) is 2. The molecular weight excluding hydrogens is 308 g/mol. The summed E-state index contributed by atoms with van der Waals surface area (Å²) in [5, 5.41) is 3.44. The van der Waals surface area contributed by atoms with E-state index >= 15 is 0 Å². The van der Waals surface area contributed by atoms with Gasteiger partial charge in [0.2, 0.25) is 0 Å². The second kappa shape index (κ2) is 8.24. The third-order valence-electron chi connectivity index (χ3n) is 3.71. The lowest BCUT2D eigenvalue weighted by Crippen LogP contribution is -2.38. The van der Waals surface area contributed by atoms with Crippen LogP contribution in [0.1, 0.15) is 11.1 Å². The van der Waals surface area contributed by atoms with E-state index in [1.165, 1.54) is 11.1 Å². The summed E-state index contributed by atoms with van der Waals surface area (Å²) in [6, 6.07) is 16.5. The van der Waals surface area contributed by atoms with Gasteiger partial charge in [0.1, 0.15) is 12.7 Å². The van der Waals surface area contributed by atoms with Crippen molar-refractivity contribution in [1.29, 1.82) is 0 Å². The molecule has 2 aromatic carbocycles. The highest BCUT2D eigenvalue weighted by Gasteiger charge is 2.19. The van der Waals surface area contributed by atoms with Crippen molar-refractivity contribution in [3.05, 3.63) is 59.7 Å². The summed E-state index contributed by atoms with van der Waals surface area (Å²) in [5.74, 6) is 1.66. The van der Waals surface area contributed by atoms with E-state index in [1.54, 1.807) is 11.9 Å². The standard InChI is InChI=1S/C18H22N2O2S/c1-23-20-11-15-8-6-14(7-9-15)10-19-12-16-13-21-17-4-2-3-5-18(17)22-16/h2-9,16,19-20H,10-13H2,1H3. The van der Waals surface area contributed by atoms with Crippen molar-refractivity contribution in [2.75, 3.05) is 19.4 Å². The summed E-state index contributed by atoms with van der Waals surface area (Å²) in [5.41, 5.74) is 2.57. The zero-order valence-electron chi connectivity index (χ0n) is 13.2. The first-order chi connectivity index (χ1) is 11.3. The molecule has 0 aromatic heterocycles. The van der Waals surface area contributed by atoms with E-state index in [1.807, 2.05) is 30.5 Å². The lowest BCUT2D eigenvalue weighted by molar-refractivity contribution is 0.0902. The number of para-hydroxylation sites is 2. The van der Waals surface area contributed by atoms with Crippen molar-refractivity contribution in [2.45, 2.75) is 19.2 Å². The third kappa shape index (κ3) is 4.64. The molecule has 0 saturated carbocycles. The van der Waals surface area contributed by atoms with Crippen molar-refractivity contribution in [3.63, 3.8) is 0 Å². The van der Waals surface area contributed by atoms with Crippen LogP contribution in [0.4, 0.5) is 0 Å². The Morgan fingerprint density at radius 1 is 1.00 bits per heavy atom. The molecule has 1 heterocycles. The van der Waals surface area contributed by atoms with E-state index in [9.17, 15) is 0 Å². The number of nitrogens with one attached hydrogen (secondary N) is 2. The summed E-state index contributed by atoms with van der Waals surface area (Å²) in [6.45, 7) is 3.08. The number of hydrogen-bond donors (Lipinski definition) is 2. The van der Waals surface area contributed by atoms with Crippen LogP contribution in [0.5, 0.6) is 11.5 Å². The normalized spacial score (nSPS) is 16.3. The molecule has 122 valence electrons. The molecule has 1 unspecified atom stereocenters. The van der Waals surface area contributed by atoms with Gasteiger partial charge in [0.25, 0.3) is 0 Å². The Morgan fingerprint density at radius 3 is 2.43 bits per heavy atom. The fraction of sp³-hybridized carbons (Fsp3) is 0.333. The lowest BCUT2D eigenvalue weighted by atomic mass is 10.1. The summed E-state index contributed by atoms with van der Waals surface area (Å²) in [7, 11) is 0. The topological polar surface area (TPSA) is 42.5 Å². The van der Waals surface area contributed by atoms with Crippen molar-refractivity contribution in [1.82, 2.24) is 10.0 Å². The number of rotatable bonds is 7. The number of hydrogen-bond acceptors (Lipinski definition) is 5. The molecule has 2 aromatic rings. The van der Waals surface area contributed by atoms with Crippen molar-refractivity contribution in [2.24, 2.45) is 0 Å². The average Bonchev–Trinajstić information content (AvgIpc) is 2.61. The molecule has 4 nitrogen and oxygen atoms in total. The minimum atomic E-state index is 0.0509. The Balaban J connectivity index is 1.43. The minimum Gasteiger partial charge on any atom is -0.486 e. The molecule has 0 bridgehead atoms. The summed E-state index contributed by atoms with van der Waals surface area (Å²) in [6.07, 6.45) is 2.09. The highest BCUT2D eigenvalue weighted by molar-refractivity contribution is 7.96. The molecule has 0 spiro atoms. The van der Waals surface area contributed by atoms with Crippen LogP contribution in [0.3, 0.4) is 0 Å². The van der Waals surface area contributed by atoms with Gasteiger partial charge in [-0.25, -0.2) is 0 Å². The van der Waals surface area contributed by atoms with Gasteiger partial charge < -0.3 is 14.8 Å². The van der Waals surface area contributed by atoms with Crippen LogP contribution in [-0.4, -0.2) is 25.5 Å². The van der Waals surface area contributed by atoms with E-state index in [0.29, 0.717) is 6.61 Å². The molecule has 1 aliphatic heterocycles. The first-order valence-electron chi connectivity index (χ1n) is 7.78. The maximum atomic E-state index is 5.94. The Morgan fingerprint density at radius 2 is 1.70 bits per heavy atom. The van der Waals surface area contributed by atoms with Crippen molar-refractivity contribution >= 4 is 11.9 Å². The fourth-order valence-corrected chi connectivity index (χ4v) is 2.78. The summed E-state index contributed by atoms with van der Waals surface area (Å²) in [4.78, 5) is 0. The zero-order chi connectivity index (χ0) is 15.9. The molecule has 0 amide bonds. The molecule has 23 heavy (non-hydrogen) atoms. The SMILES string of the molecule is CSNCc1ccc(CNCC2COc3ccccc3O2)cc1. The molecule has 0 saturated heterocycles. The highest BCUT2D eigenvalue weighted by Crippen LogP contribution is 2.30. The molecule has 0 radical (unpaired) electrons. The highest BCUT2D eigenvalue weighted by atomic mass is 32.2. The van der Waals surface area contributed by atoms with Gasteiger partial charge in [-0.3, -0.25) is 4.72 Å². The van der Waals surface area contributed by atoms with Gasteiger partial charge in [-0.05, 0) is 29.5 Å². The van der Waals surface area contributed by atoms with Crippen LogP contribution in [0.2, 0.25) is 0 Å². The van der Waals surface area contributed by atoms with Crippen molar-refractivity contribution in [3.8, 4) is 11.5 Å². The largest absolute Gasteiger partial charge is 0.486 e. The van der Waals surface area contributed by atoms with Crippen LogP contribution in [-0.2, 0) is 13.1 Å². The molecule has 0 aliphatic carbocycles. The van der Waals surface area contributed by atoms with E-state index < -0.39 is 0 Å². The molecule has 1 atom stereocenters. The van der Waals surface area contributed by atoms with Gasteiger partial charge in [0, 0.05) is 19.6 Å². The Kier molecular flexibility index (Phi) is 5.80. The van der Waals surface area contributed by atoms with E-state index in [-0.39, 0.29) is 6.10 Å². The third-order valence-corrected chi connectivity index (χ3v) is 4.15. The zero-order valence-corrected chi connectivity index (χ0v) is 14.1. The first-order valence-corrected chi connectivity index (χ1v) is 9.00. The molecule has 1 aliphatic rings. The van der Waals surface area contributed by atoms with Crippen LogP contribution < -0.4 is 19.5 Å². The molecule has 3 rings (SSSR count). The predicted octanol–water partition coefficient (Wildman–Crippen LogP) is 2.98. The summed E-state index contributed by atoms with van der Waals surface area (Å²) >= 11 is 1.64. The summed E-state index contributed by atoms with van der Waals surface area (Å²) < 4.78 is 14.9. The van der Waals surface area contributed by atoms with Gasteiger partial charge in [0.15, 0.2) is 11.5 Å². The Labute approximate surface area is 141 Å². The van der Waals surface area contributed by atoms with Crippen LogP contribution in [0, 0.1) is 0 Å². The van der Waals surface area contributed by atoms with Crippen LogP contribution in [0.25, 0.3) is 0 Å². The van der Waals surface area contributed by atoms with E-state index in [0.717, 1.165) is 31.1 Å². The first kappa shape index (κ1) is 16.2. The lowest BCUT2D eigenvalue weighted by Gasteiger charge is -2.26. The smallest absolute Gasteiger partial charge is 0.161 e. The quantitative estimate of drug-likeness (QED) is 0.764. The number of fused-ring (bicyclic) bond motifs is 1. The monoisotopic (exact) mass is 330 g/mol. The molecule has 2 N–H and O–H groups in total. The molecular formula is C18H22N2O2S. The molecule has 5 heteroatoms. The van der Waals surface area contributed by atoms with E-state index in [4.69, 9.17) is 9.47 Å². The minimum absolute atomic E-state index is 0.0509. The molecule has 0 fully saturated rings. The van der Waals surface area contributed by atoms with E-state index in [2.05, 4.69) is 34.3 Å². The second-order valence-corrected chi connectivity index (χ2v) is 6.17. The Hall–Kier alpha value is -1.69.